The Bertz CT molecular complexity index is 1900. The molecule has 1 N–H and O–H groups in total. The van der Waals surface area contributed by atoms with E-state index in [-0.39, 0.29) is 43.3 Å². The number of aliphatic carboxylic acids is 1. The van der Waals surface area contributed by atoms with Crippen molar-refractivity contribution in [2.45, 2.75) is 23.6 Å². The minimum absolute atomic E-state index is 0.00114. The first-order valence-corrected chi connectivity index (χ1v) is 14.4. The Labute approximate surface area is 218 Å². The molecule has 0 amide bonds. The smallest absolute Gasteiger partial charge is 0.328 e. The maximum Gasteiger partial charge on any atom is 0.328 e. The molecule has 0 aliphatic carbocycles. The zero-order valence-corrected chi connectivity index (χ0v) is 22.2. The van der Waals surface area contributed by atoms with Gasteiger partial charge in [0.25, 0.3) is 15.6 Å². The minimum Gasteiger partial charge on any atom is -0.478 e. The fraction of sp³-hybridized carbons (Fsp3) is 0.154. The first-order chi connectivity index (χ1) is 17.8. The van der Waals surface area contributed by atoms with Gasteiger partial charge in [0.1, 0.15) is 11.3 Å². The van der Waals surface area contributed by atoms with Crippen LogP contribution in [0.2, 0.25) is 0 Å². The first-order valence-electron chi connectivity index (χ1n) is 11.3. The van der Waals surface area contributed by atoms with Crippen LogP contribution in [0.15, 0.2) is 75.4 Å². The van der Waals surface area contributed by atoms with Gasteiger partial charge in [-0.05, 0) is 49.4 Å². The van der Waals surface area contributed by atoms with E-state index in [4.69, 9.17) is 0 Å². The van der Waals surface area contributed by atoms with Crippen LogP contribution in [0.5, 0.6) is 0 Å². The maximum absolute atomic E-state index is 15.1. The number of benzene rings is 2. The monoisotopic (exact) mass is 558 g/mol. The van der Waals surface area contributed by atoms with Gasteiger partial charge in [0, 0.05) is 35.8 Å². The summed E-state index contributed by atoms with van der Waals surface area (Å²) in [4.78, 5) is 24.3. The van der Waals surface area contributed by atoms with E-state index in [0.29, 0.717) is 6.08 Å². The van der Waals surface area contributed by atoms with E-state index < -0.39 is 37.2 Å². The van der Waals surface area contributed by atoms with E-state index in [2.05, 4.69) is 0 Å². The molecule has 0 atom stereocenters. The molecule has 0 fully saturated rings. The number of aryl methyl sites for hydroxylation is 2. The molecule has 0 aliphatic heterocycles. The van der Waals surface area contributed by atoms with E-state index in [1.54, 1.807) is 19.1 Å². The predicted octanol–water partition coefficient (Wildman–Crippen LogP) is 3.58. The number of carboxylic acids is 1. The Morgan fingerprint density at radius 1 is 1.00 bits per heavy atom. The van der Waals surface area contributed by atoms with Crippen molar-refractivity contribution < 1.29 is 31.1 Å². The van der Waals surface area contributed by atoms with Crippen molar-refractivity contribution in [2.75, 3.05) is 5.75 Å². The largest absolute Gasteiger partial charge is 0.478 e. The lowest BCUT2D eigenvalue weighted by atomic mass is 10.0. The van der Waals surface area contributed by atoms with Crippen LogP contribution < -0.4 is 5.56 Å². The van der Waals surface area contributed by atoms with Crippen LogP contribution in [0, 0.1) is 12.7 Å². The number of hydrogen-bond donors (Lipinski definition) is 1. The van der Waals surface area contributed by atoms with Crippen molar-refractivity contribution in [3.05, 3.63) is 88.2 Å². The molecule has 0 saturated heterocycles. The average Bonchev–Trinajstić information content (AvgIpc) is 3.26. The average molecular weight is 559 g/mol. The van der Waals surface area contributed by atoms with Gasteiger partial charge in [-0.15, -0.1) is 0 Å². The highest BCUT2D eigenvalue weighted by molar-refractivity contribution is 7.91. The third-order valence-corrected chi connectivity index (χ3v) is 9.52. The molecule has 9 nitrogen and oxygen atoms in total. The summed E-state index contributed by atoms with van der Waals surface area (Å²) in [6.07, 6.45) is 3.01. The Kier molecular flexibility index (Phi) is 6.89. The topological polar surface area (TPSA) is 133 Å². The standard InChI is InChI=1S/C26H23FN2O7S2/c1-4-37(33,34)19-10-11-23(27)20(14-19)22-15-28(3)26(32)25-21(22)13-17(7-12-24(30)31)29(25)38(35,36)18-8-5-16(2)6-9-18/h5-15H,4H2,1-3H3,(H,30,31)/b12-7+. The van der Waals surface area contributed by atoms with Gasteiger partial charge in [0.15, 0.2) is 9.84 Å². The Balaban J connectivity index is 2.16. The highest BCUT2D eigenvalue weighted by Crippen LogP contribution is 2.34. The molecule has 0 spiro atoms. The van der Waals surface area contributed by atoms with Gasteiger partial charge >= 0.3 is 5.97 Å². The van der Waals surface area contributed by atoms with Crippen molar-refractivity contribution in [1.82, 2.24) is 8.54 Å². The summed E-state index contributed by atoms with van der Waals surface area (Å²) in [6.45, 7) is 3.21. The SMILES string of the molecule is CCS(=O)(=O)c1ccc(F)c(-c2cn(C)c(=O)c3c2cc(/C=C/C(=O)O)n3S(=O)(=O)c2ccc(C)cc2)c1. The number of carbonyl (C=O) groups is 1. The first kappa shape index (κ1) is 27.0. The highest BCUT2D eigenvalue weighted by atomic mass is 32.2. The molecular formula is C26H23FN2O7S2. The molecule has 4 rings (SSSR count). The number of rotatable bonds is 7. The number of carboxylic acid groups (broad SMARTS) is 1. The van der Waals surface area contributed by atoms with E-state index in [0.717, 1.165) is 38.4 Å². The Morgan fingerprint density at radius 2 is 1.63 bits per heavy atom. The van der Waals surface area contributed by atoms with Gasteiger partial charge in [-0.3, -0.25) is 4.79 Å². The van der Waals surface area contributed by atoms with Crippen LogP contribution in [0.25, 0.3) is 28.1 Å². The molecule has 0 unspecified atom stereocenters. The molecule has 12 heteroatoms. The predicted molar refractivity (Wildman–Crippen MR) is 141 cm³/mol. The zero-order valence-electron chi connectivity index (χ0n) is 20.5. The van der Waals surface area contributed by atoms with Crippen molar-refractivity contribution in [3.63, 3.8) is 0 Å². The van der Waals surface area contributed by atoms with E-state index in [1.807, 2.05) is 0 Å². The number of nitrogens with zero attached hydrogens (tertiary/aromatic N) is 2. The van der Waals surface area contributed by atoms with Crippen LogP contribution in [-0.4, -0.2) is 42.2 Å². The molecule has 0 aliphatic rings. The second kappa shape index (κ2) is 9.69. The summed E-state index contributed by atoms with van der Waals surface area (Å²) >= 11 is 0. The van der Waals surface area contributed by atoms with Crippen molar-refractivity contribution in [2.24, 2.45) is 7.05 Å². The number of halogens is 1. The van der Waals surface area contributed by atoms with E-state index in [9.17, 15) is 31.5 Å². The summed E-state index contributed by atoms with van der Waals surface area (Å²) in [5, 5.41) is 9.17. The molecule has 2 aromatic heterocycles. The summed E-state index contributed by atoms with van der Waals surface area (Å²) < 4.78 is 69.4. The molecule has 0 radical (unpaired) electrons. The summed E-state index contributed by atoms with van der Waals surface area (Å²) in [5.74, 6) is -2.38. The van der Waals surface area contributed by atoms with E-state index >= 15 is 4.39 Å². The second-order valence-corrected chi connectivity index (χ2v) is 12.7. The van der Waals surface area contributed by atoms with Crippen molar-refractivity contribution in [1.29, 1.82) is 0 Å². The Hall–Kier alpha value is -4.03. The lowest BCUT2D eigenvalue weighted by Crippen LogP contribution is -2.23. The molecule has 2 heterocycles. The molecule has 0 bridgehead atoms. The van der Waals surface area contributed by atoms with Crippen molar-refractivity contribution in [3.8, 4) is 11.1 Å². The van der Waals surface area contributed by atoms with Crippen molar-refractivity contribution >= 4 is 42.8 Å². The van der Waals surface area contributed by atoms with Gasteiger partial charge in [-0.1, -0.05) is 24.6 Å². The van der Waals surface area contributed by atoms with Gasteiger partial charge in [-0.25, -0.2) is 30.0 Å². The number of hydrogen-bond acceptors (Lipinski definition) is 6. The molecular weight excluding hydrogens is 535 g/mol. The van der Waals surface area contributed by atoms with Gasteiger partial charge in [0.05, 0.1) is 21.2 Å². The zero-order chi connectivity index (χ0) is 28.0. The maximum atomic E-state index is 15.1. The third-order valence-electron chi connectivity index (χ3n) is 6.04. The summed E-state index contributed by atoms with van der Waals surface area (Å²) in [7, 11) is -6.80. The summed E-state index contributed by atoms with van der Waals surface area (Å²) in [5.41, 5.74) is -0.576. The second-order valence-electron chi connectivity index (χ2n) is 8.59. The minimum atomic E-state index is -4.43. The number of pyridine rings is 1. The fourth-order valence-electron chi connectivity index (χ4n) is 4.04. The van der Waals surface area contributed by atoms with Gasteiger partial charge < -0.3 is 9.67 Å². The highest BCUT2D eigenvalue weighted by Gasteiger charge is 2.27. The van der Waals surface area contributed by atoms with Crippen LogP contribution in [0.1, 0.15) is 18.2 Å². The summed E-state index contributed by atoms with van der Waals surface area (Å²) in [6, 6.07) is 10.4. The lowest BCUT2D eigenvalue weighted by molar-refractivity contribution is -0.131. The number of sulfone groups is 1. The number of fused-ring (bicyclic) bond motifs is 1. The van der Waals surface area contributed by atoms with Crippen LogP contribution >= 0.6 is 0 Å². The molecule has 0 saturated carbocycles. The van der Waals surface area contributed by atoms with Gasteiger partial charge in [0.2, 0.25) is 0 Å². The van der Waals surface area contributed by atoms with Crippen LogP contribution in [-0.2, 0) is 31.7 Å². The molecule has 4 aromatic rings. The fourth-order valence-corrected chi connectivity index (χ4v) is 6.45. The number of aromatic nitrogens is 2. The van der Waals surface area contributed by atoms with Crippen LogP contribution in [0.4, 0.5) is 4.39 Å². The van der Waals surface area contributed by atoms with E-state index in [1.165, 1.54) is 38.4 Å². The van der Waals surface area contributed by atoms with Crippen LogP contribution in [0.3, 0.4) is 0 Å². The lowest BCUT2D eigenvalue weighted by Gasteiger charge is -2.13. The molecule has 198 valence electrons. The normalized spacial score (nSPS) is 12.4. The Morgan fingerprint density at radius 3 is 2.24 bits per heavy atom. The molecule has 2 aromatic carbocycles. The quantitative estimate of drug-likeness (QED) is 0.271. The van der Waals surface area contributed by atoms with Gasteiger partial charge in [-0.2, -0.15) is 0 Å². The third kappa shape index (κ3) is 4.68. The molecule has 38 heavy (non-hydrogen) atoms.